The highest BCUT2D eigenvalue weighted by Crippen LogP contribution is 2.27. The van der Waals surface area contributed by atoms with E-state index in [2.05, 4.69) is 15.6 Å². The molecule has 0 saturated heterocycles. The number of hydrogen-bond acceptors (Lipinski definition) is 6. The summed E-state index contributed by atoms with van der Waals surface area (Å²) in [7, 11) is 3.12. The van der Waals surface area contributed by atoms with Crippen molar-refractivity contribution in [2.24, 2.45) is 0 Å². The van der Waals surface area contributed by atoms with Crippen LogP contribution in [0.25, 0.3) is 6.08 Å². The van der Waals surface area contributed by atoms with Crippen molar-refractivity contribution in [2.45, 2.75) is 0 Å². The van der Waals surface area contributed by atoms with Gasteiger partial charge in [0.1, 0.15) is 0 Å². The monoisotopic (exact) mass is 349 g/mol. The van der Waals surface area contributed by atoms with Crippen molar-refractivity contribution in [3.8, 4) is 11.5 Å². The van der Waals surface area contributed by atoms with Crippen LogP contribution < -0.4 is 20.1 Å². The van der Waals surface area contributed by atoms with E-state index in [9.17, 15) is 4.79 Å². The molecule has 0 aliphatic heterocycles. The second-order valence-corrected chi connectivity index (χ2v) is 5.53. The zero-order valence-electron chi connectivity index (χ0n) is 12.5. The lowest BCUT2D eigenvalue weighted by Crippen LogP contribution is -2.32. The van der Waals surface area contributed by atoms with Crippen LogP contribution in [-0.2, 0) is 4.79 Å². The second-order valence-electron chi connectivity index (χ2n) is 4.23. The van der Waals surface area contributed by atoms with Gasteiger partial charge in [-0.3, -0.25) is 10.1 Å². The topological polar surface area (TPSA) is 72.5 Å². The van der Waals surface area contributed by atoms with Gasteiger partial charge in [-0.15, -0.1) is 11.3 Å². The van der Waals surface area contributed by atoms with Gasteiger partial charge in [0.2, 0.25) is 5.91 Å². The van der Waals surface area contributed by atoms with Gasteiger partial charge in [0.25, 0.3) is 0 Å². The molecule has 1 amide bonds. The minimum absolute atomic E-state index is 0.196. The van der Waals surface area contributed by atoms with Crippen molar-refractivity contribution < 1.29 is 14.3 Å². The van der Waals surface area contributed by atoms with Crippen LogP contribution in [0.1, 0.15) is 5.56 Å². The Hall–Kier alpha value is -2.45. The third kappa shape index (κ3) is 5.04. The van der Waals surface area contributed by atoms with Crippen molar-refractivity contribution in [3.05, 3.63) is 41.4 Å². The van der Waals surface area contributed by atoms with E-state index in [0.29, 0.717) is 16.6 Å². The first-order chi connectivity index (χ1) is 11.1. The number of methoxy groups -OCH3 is 2. The molecule has 0 aliphatic rings. The average molecular weight is 349 g/mol. The van der Waals surface area contributed by atoms with Gasteiger partial charge in [0, 0.05) is 17.7 Å². The molecule has 1 heterocycles. The number of amides is 1. The van der Waals surface area contributed by atoms with E-state index in [1.54, 1.807) is 38.6 Å². The fourth-order valence-electron chi connectivity index (χ4n) is 1.70. The Morgan fingerprint density at radius 1 is 1.30 bits per heavy atom. The maximum absolute atomic E-state index is 11.8. The molecule has 8 heteroatoms. The fraction of sp³-hybridized carbons (Fsp3) is 0.133. The van der Waals surface area contributed by atoms with Crippen LogP contribution in [0, 0.1) is 0 Å². The number of thiazole rings is 1. The third-order valence-corrected chi connectivity index (χ3v) is 3.62. The molecule has 0 spiro atoms. The molecular weight excluding hydrogens is 334 g/mol. The van der Waals surface area contributed by atoms with Crippen LogP contribution in [0.2, 0.25) is 0 Å². The second kappa shape index (κ2) is 8.25. The Labute approximate surface area is 143 Å². The lowest BCUT2D eigenvalue weighted by Gasteiger charge is -2.07. The number of nitrogens with one attached hydrogen (secondary N) is 2. The number of carbonyl (C=O) groups excluding carboxylic acids is 1. The van der Waals surface area contributed by atoms with Gasteiger partial charge in [-0.2, -0.15) is 0 Å². The SMILES string of the molecule is COc1ccc(C=CC(=O)NC(=S)Nc2nccs2)cc1OC. The van der Waals surface area contributed by atoms with E-state index in [0.717, 1.165) is 5.56 Å². The molecule has 1 aromatic carbocycles. The van der Waals surface area contributed by atoms with Crippen LogP contribution in [0.15, 0.2) is 35.9 Å². The zero-order valence-corrected chi connectivity index (χ0v) is 14.2. The normalized spacial score (nSPS) is 10.3. The van der Waals surface area contributed by atoms with E-state index in [1.165, 1.54) is 17.4 Å². The molecule has 0 bridgehead atoms. The summed E-state index contributed by atoms with van der Waals surface area (Å²) in [6, 6.07) is 5.36. The van der Waals surface area contributed by atoms with Gasteiger partial charge in [-0.1, -0.05) is 6.07 Å². The maximum atomic E-state index is 11.8. The Morgan fingerprint density at radius 2 is 2.09 bits per heavy atom. The Morgan fingerprint density at radius 3 is 2.74 bits per heavy atom. The number of ether oxygens (including phenoxy) is 2. The van der Waals surface area contributed by atoms with Crippen molar-refractivity contribution in [3.63, 3.8) is 0 Å². The van der Waals surface area contributed by atoms with Crippen molar-refractivity contribution in [1.82, 2.24) is 10.3 Å². The standard InChI is InChI=1S/C15H15N3O3S2/c1-20-11-5-3-10(9-12(11)21-2)4-6-13(19)17-14(22)18-15-16-7-8-23-15/h3-9H,1-2H3,(H2,16,17,18,19,22). The average Bonchev–Trinajstić information content (AvgIpc) is 3.05. The summed E-state index contributed by atoms with van der Waals surface area (Å²) < 4.78 is 10.4. The van der Waals surface area contributed by atoms with Crippen LogP contribution >= 0.6 is 23.6 Å². The molecule has 0 aliphatic carbocycles. The number of benzene rings is 1. The molecule has 120 valence electrons. The highest BCUT2D eigenvalue weighted by Gasteiger charge is 2.05. The van der Waals surface area contributed by atoms with Crippen molar-refractivity contribution in [2.75, 3.05) is 19.5 Å². The lowest BCUT2D eigenvalue weighted by molar-refractivity contribution is -0.115. The Bertz CT molecular complexity index is 715. The van der Waals surface area contributed by atoms with Gasteiger partial charge in [-0.25, -0.2) is 4.98 Å². The number of rotatable bonds is 5. The van der Waals surface area contributed by atoms with Gasteiger partial charge >= 0.3 is 0 Å². The lowest BCUT2D eigenvalue weighted by atomic mass is 10.2. The number of carbonyl (C=O) groups is 1. The van der Waals surface area contributed by atoms with Crippen molar-refractivity contribution in [1.29, 1.82) is 0 Å². The first kappa shape index (κ1) is 16.9. The molecule has 23 heavy (non-hydrogen) atoms. The van der Waals surface area contributed by atoms with Gasteiger partial charge in [-0.05, 0) is 36.0 Å². The molecule has 0 unspecified atom stereocenters. The minimum Gasteiger partial charge on any atom is -0.493 e. The first-order valence-corrected chi connectivity index (χ1v) is 7.82. The summed E-state index contributed by atoms with van der Waals surface area (Å²) >= 11 is 6.43. The quantitative estimate of drug-likeness (QED) is 0.639. The first-order valence-electron chi connectivity index (χ1n) is 6.54. The molecule has 0 saturated carbocycles. The summed E-state index contributed by atoms with van der Waals surface area (Å²) in [5.41, 5.74) is 0.802. The van der Waals surface area contributed by atoms with Crippen molar-refractivity contribution >= 4 is 45.8 Å². The molecule has 6 nitrogen and oxygen atoms in total. The number of aromatic nitrogens is 1. The predicted molar refractivity (Wildman–Crippen MR) is 95.1 cm³/mol. The maximum Gasteiger partial charge on any atom is 0.250 e. The third-order valence-electron chi connectivity index (χ3n) is 2.72. The van der Waals surface area contributed by atoms with E-state index in [1.807, 2.05) is 11.4 Å². The predicted octanol–water partition coefficient (Wildman–Crippen LogP) is 2.69. The van der Waals surface area contributed by atoms with Crippen LogP contribution in [-0.4, -0.2) is 30.2 Å². The zero-order chi connectivity index (χ0) is 16.7. The van der Waals surface area contributed by atoms with E-state index in [4.69, 9.17) is 21.7 Å². The van der Waals surface area contributed by atoms with E-state index in [-0.39, 0.29) is 11.0 Å². The molecule has 0 atom stereocenters. The molecule has 1 aromatic heterocycles. The van der Waals surface area contributed by atoms with E-state index < -0.39 is 0 Å². The van der Waals surface area contributed by atoms with Gasteiger partial charge in [0.05, 0.1) is 14.2 Å². The molecule has 0 radical (unpaired) electrons. The molecule has 0 fully saturated rings. The van der Waals surface area contributed by atoms with E-state index >= 15 is 0 Å². The van der Waals surface area contributed by atoms with Crippen LogP contribution in [0.5, 0.6) is 11.5 Å². The largest absolute Gasteiger partial charge is 0.493 e. The Kier molecular flexibility index (Phi) is 6.07. The molecule has 2 N–H and O–H groups in total. The minimum atomic E-state index is -0.339. The highest BCUT2D eigenvalue weighted by molar-refractivity contribution is 7.80. The fourth-order valence-corrected chi connectivity index (χ4v) is 2.49. The highest BCUT2D eigenvalue weighted by atomic mass is 32.1. The summed E-state index contributed by atoms with van der Waals surface area (Å²) in [4.78, 5) is 15.9. The van der Waals surface area contributed by atoms with Gasteiger partial charge in [0.15, 0.2) is 21.7 Å². The molecular formula is C15H15N3O3S2. The smallest absolute Gasteiger partial charge is 0.250 e. The summed E-state index contributed by atoms with van der Waals surface area (Å²) in [5, 5.41) is 8.00. The summed E-state index contributed by atoms with van der Waals surface area (Å²) in [6.45, 7) is 0. The molecule has 2 rings (SSSR count). The van der Waals surface area contributed by atoms with Crippen LogP contribution in [0.3, 0.4) is 0 Å². The number of thiocarbonyl (C=S) groups is 1. The summed E-state index contributed by atoms with van der Waals surface area (Å²) in [6.07, 6.45) is 4.69. The number of hydrogen-bond donors (Lipinski definition) is 2. The number of anilines is 1. The molecule has 2 aromatic rings. The van der Waals surface area contributed by atoms with Crippen LogP contribution in [0.4, 0.5) is 5.13 Å². The summed E-state index contributed by atoms with van der Waals surface area (Å²) in [5.74, 6) is 0.882. The Balaban J connectivity index is 1.94. The van der Waals surface area contributed by atoms with Gasteiger partial charge < -0.3 is 14.8 Å². The number of nitrogens with zero attached hydrogens (tertiary/aromatic N) is 1.